The van der Waals surface area contributed by atoms with E-state index in [1.54, 1.807) is 78.9 Å². The molecule has 0 radical (unpaired) electrons. The van der Waals surface area contributed by atoms with Gasteiger partial charge in [-0.25, -0.2) is 14.4 Å². The van der Waals surface area contributed by atoms with Gasteiger partial charge in [-0.3, -0.25) is 23.8 Å². The number of nitrogens with zero attached hydrogens (tertiary/aromatic N) is 4. The Morgan fingerprint density at radius 2 is 1.67 bits per heavy atom. The first-order valence-electron chi connectivity index (χ1n) is 14.8. The SMILES string of the molecule is O=CN(OCc1ccccc1)c1cnc(-c2ccc(F)cc2)n(CC(=O)NC(=Cc2ccccc2)C(O)c2nc3ccccc3o2)c1=O. The van der Waals surface area contributed by atoms with Gasteiger partial charge in [0.25, 0.3) is 5.56 Å². The third-order valence-electron chi connectivity index (χ3n) is 7.22. The van der Waals surface area contributed by atoms with Gasteiger partial charge in [-0.15, -0.1) is 0 Å². The summed E-state index contributed by atoms with van der Waals surface area (Å²) >= 11 is 0. The highest BCUT2D eigenvalue weighted by molar-refractivity contribution is 5.80. The number of carbonyl (C=O) groups is 2. The second-order valence-electron chi connectivity index (χ2n) is 10.5. The van der Waals surface area contributed by atoms with Crippen molar-refractivity contribution in [2.45, 2.75) is 19.3 Å². The third kappa shape index (κ3) is 7.25. The van der Waals surface area contributed by atoms with E-state index in [1.165, 1.54) is 24.3 Å². The number of aliphatic hydroxyl groups is 1. The number of fused-ring (bicyclic) bond motifs is 1. The highest BCUT2D eigenvalue weighted by Crippen LogP contribution is 2.26. The van der Waals surface area contributed by atoms with E-state index < -0.39 is 29.9 Å². The molecule has 1 unspecified atom stereocenters. The summed E-state index contributed by atoms with van der Waals surface area (Å²) in [6.45, 7) is -0.634. The molecule has 1 atom stereocenters. The molecule has 2 amide bonds. The molecule has 0 aliphatic heterocycles. The number of benzene rings is 4. The molecule has 0 saturated heterocycles. The molecule has 240 valence electrons. The fourth-order valence-corrected chi connectivity index (χ4v) is 4.88. The van der Waals surface area contributed by atoms with Crippen LogP contribution in [0.25, 0.3) is 28.6 Å². The van der Waals surface area contributed by atoms with Crippen LogP contribution in [-0.4, -0.2) is 32.0 Å². The van der Waals surface area contributed by atoms with E-state index in [9.17, 15) is 23.9 Å². The fraction of sp³-hybridized carbons (Fsp3) is 0.0833. The number of halogens is 1. The summed E-state index contributed by atoms with van der Waals surface area (Å²) in [5.41, 5.74) is 1.69. The number of aromatic nitrogens is 3. The van der Waals surface area contributed by atoms with E-state index in [0.717, 1.165) is 21.4 Å². The van der Waals surface area contributed by atoms with Crippen molar-refractivity contribution in [2.75, 3.05) is 5.06 Å². The van der Waals surface area contributed by atoms with Gasteiger partial charge >= 0.3 is 0 Å². The second kappa shape index (κ2) is 14.5. The molecule has 0 aliphatic carbocycles. The molecule has 2 N–H and O–H groups in total. The summed E-state index contributed by atoms with van der Waals surface area (Å²) in [5.74, 6) is -1.25. The molecule has 12 heteroatoms. The molecule has 6 rings (SSSR count). The van der Waals surface area contributed by atoms with Crippen LogP contribution in [0.2, 0.25) is 0 Å². The van der Waals surface area contributed by atoms with Crippen molar-refractivity contribution in [3.8, 4) is 11.4 Å². The molecule has 11 nitrogen and oxygen atoms in total. The van der Waals surface area contributed by atoms with Gasteiger partial charge in [0, 0.05) is 5.56 Å². The average Bonchev–Trinajstić information content (AvgIpc) is 3.55. The first kappa shape index (κ1) is 31.7. The maximum absolute atomic E-state index is 13.9. The highest BCUT2D eigenvalue weighted by Gasteiger charge is 2.24. The zero-order valence-corrected chi connectivity index (χ0v) is 25.3. The summed E-state index contributed by atoms with van der Waals surface area (Å²) in [4.78, 5) is 54.0. The standard InChI is InChI=1S/C36H28FN5O6/c37-27-17-15-26(16-18-27)34-38-20-30(42(23-43)47-22-25-11-5-2-6-12-25)36(46)41(34)21-32(44)39-29(19-24-9-3-1-4-10-24)33(45)35-40-28-13-7-8-14-31(28)48-35/h1-20,23,33,45H,21-22H2,(H,39,44). The van der Waals surface area contributed by atoms with Gasteiger partial charge in [0.2, 0.25) is 18.2 Å². The maximum atomic E-state index is 13.9. The molecule has 4 aromatic carbocycles. The largest absolute Gasteiger partial charge is 0.437 e. The molecule has 0 bridgehead atoms. The molecule has 0 fully saturated rings. The van der Waals surface area contributed by atoms with E-state index in [0.29, 0.717) is 28.6 Å². The normalized spacial score (nSPS) is 12.1. The summed E-state index contributed by atoms with van der Waals surface area (Å²) in [5, 5.41) is 14.8. The smallest absolute Gasteiger partial charge is 0.280 e. The first-order valence-corrected chi connectivity index (χ1v) is 14.8. The van der Waals surface area contributed by atoms with Crippen LogP contribution >= 0.6 is 0 Å². The topological polar surface area (TPSA) is 140 Å². The first-order chi connectivity index (χ1) is 23.4. The van der Waals surface area contributed by atoms with Crippen LogP contribution in [0.1, 0.15) is 23.1 Å². The van der Waals surface area contributed by atoms with Crippen molar-refractivity contribution < 1.29 is 28.3 Å². The third-order valence-corrected chi connectivity index (χ3v) is 7.22. The van der Waals surface area contributed by atoms with Crippen molar-refractivity contribution in [3.63, 3.8) is 0 Å². The molecule has 0 spiro atoms. The average molecular weight is 646 g/mol. The quantitative estimate of drug-likeness (QED) is 0.137. The van der Waals surface area contributed by atoms with Gasteiger partial charge in [0.15, 0.2) is 17.4 Å². The lowest BCUT2D eigenvalue weighted by Crippen LogP contribution is -2.37. The lowest BCUT2D eigenvalue weighted by molar-refractivity contribution is -0.121. The summed E-state index contributed by atoms with van der Waals surface area (Å²) in [6, 6.07) is 30.1. The Hall–Kier alpha value is -6.24. The number of aliphatic hydroxyl groups excluding tert-OH is 1. The Balaban J connectivity index is 1.34. The van der Waals surface area contributed by atoms with Crippen LogP contribution < -0.4 is 15.9 Å². The van der Waals surface area contributed by atoms with Crippen molar-refractivity contribution in [3.05, 3.63) is 154 Å². The maximum Gasteiger partial charge on any atom is 0.280 e. The molecule has 6 aromatic rings. The molecule has 2 heterocycles. The van der Waals surface area contributed by atoms with Crippen LogP contribution in [0.3, 0.4) is 0 Å². The molecule has 2 aromatic heterocycles. The highest BCUT2D eigenvalue weighted by atomic mass is 19.1. The Morgan fingerprint density at radius 3 is 2.38 bits per heavy atom. The number of carbonyl (C=O) groups excluding carboxylic acids is 2. The van der Waals surface area contributed by atoms with E-state index in [4.69, 9.17) is 9.25 Å². The van der Waals surface area contributed by atoms with Crippen molar-refractivity contribution in [1.29, 1.82) is 0 Å². The van der Waals surface area contributed by atoms with Crippen molar-refractivity contribution in [2.24, 2.45) is 0 Å². The Bertz CT molecular complexity index is 2100. The van der Waals surface area contributed by atoms with Crippen LogP contribution in [0, 0.1) is 5.82 Å². The predicted octanol–water partition coefficient (Wildman–Crippen LogP) is 5.18. The molecular weight excluding hydrogens is 617 g/mol. The van der Waals surface area contributed by atoms with Gasteiger partial charge in [-0.1, -0.05) is 72.8 Å². The molecule has 0 saturated carbocycles. The van der Waals surface area contributed by atoms with Crippen molar-refractivity contribution >= 4 is 35.2 Å². The van der Waals surface area contributed by atoms with E-state index in [1.807, 2.05) is 12.1 Å². The van der Waals surface area contributed by atoms with E-state index in [-0.39, 0.29) is 29.7 Å². The minimum Gasteiger partial charge on any atom is -0.437 e. The number of anilines is 1. The van der Waals surface area contributed by atoms with Crippen LogP contribution in [0.4, 0.5) is 10.1 Å². The fourth-order valence-electron chi connectivity index (χ4n) is 4.88. The van der Waals surface area contributed by atoms with Gasteiger partial charge in [0.1, 0.15) is 30.3 Å². The molecule has 0 aliphatic rings. The summed E-state index contributed by atoms with van der Waals surface area (Å²) < 4.78 is 20.6. The number of hydroxylamine groups is 1. The Labute approximate surface area is 273 Å². The van der Waals surface area contributed by atoms with Crippen LogP contribution in [0.15, 0.2) is 130 Å². The second-order valence-corrected chi connectivity index (χ2v) is 10.5. The summed E-state index contributed by atoms with van der Waals surface area (Å²) in [6.07, 6.45) is 1.53. The number of oxazole rings is 1. The lowest BCUT2D eigenvalue weighted by atomic mass is 10.1. The minimum atomic E-state index is -1.49. The predicted molar refractivity (Wildman–Crippen MR) is 175 cm³/mol. The van der Waals surface area contributed by atoms with E-state index >= 15 is 0 Å². The van der Waals surface area contributed by atoms with Crippen LogP contribution in [0.5, 0.6) is 0 Å². The lowest BCUT2D eigenvalue weighted by Gasteiger charge is -2.20. The summed E-state index contributed by atoms with van der Waals surface area (Å²) in [7, 11) is 0. The monoisotopic (exact) mass is 645 g/mol. The number of rotatable bonds is 12. The number of hydrogen-bond donors (Lipinski definition) is 2. The van der Waals surface area contributed by atoms with Crippen molar-refractivity contribution in [1.82, 2.24) is 19.9 Å². The number of nitrogens with one attached hydrogen (secondary N) is 1. The van der Waals surface area contributed by atoms with Crippen LogP contribution in [-0.2, 0) is 27.6 Å². The number of amides is 2. The number of para-hydroxylation sites is 2. The Morgan fingerprint density at radius 1 is 0.979 bits per heavy atom. The van der Waals surface area contributed by atoms with Gasteiger partial charge in [-0.05, 0) is 53.6 Å². The molecule has 48 heavy (non-hydrogen) atoms. The zero-order valence-electron chi connectivity index (χ0n) is 25.3. The van der Waals surface area contributed by atoms with Gasteiger partial charge < -0.3 is 14.8 Å². The number of hydrogen-bond acceptors (Lipinski definition) is 8. The van der Waals surface area contributed by atoms with Gasteiger partial charge in [-0.2, -0.15) is 5.06 Å². The minimum absolute atomic E-state index is 0.0268. The van der Waals surface area contributed by atoms with E-state index in [2.05, 4.69) is 15.3 Å². The Kier molecular flexibility index (Phi) is 9.56. The van der Waals surface area contributed by atoms with Gasteiger partial charge in [0.05, 0.1) is 11.9 Å². The molecular formula is C36H28FN5O6. The zero-order chi connectivity index (χ0) is 33.5.